The summed E-state index contributed by atoms with van der Waals surface area (Å²) in [5.41, 5.74) is 0.870. The summed E-state index contributed by atoms with van der Waals surface area (Å²) in [6, 6.07) is 6.79. The van der Waals surface area contributed by atoms with Crippen molar-refractivity contribution in [3.05, 3.63) is 56.1 Å². The highest BCUT2D eigenvalue weighted by Crippen LogP contribution is 2.14. The fraction of sp³-hybridized carbons (Fsp3) is 0.154. The predicted octanol–water partition coefficient (Wildman–Crippen LogP) is 2.61. The van der Waals surface area contributed by atoms with Gasteiger partial charge in [0.2, 0.25) is 5.91 Å². The number of carbonyl (C=O) groups is 1. The second-order valence-electron chi connectivity index (χ2n) is 4.14. The summed E-state index contributed by atoms with van der Waals surface area (Å²) in [5, 5.41) is 3.19. The molecule has 104 valence electrons. The molecular formula is C13H11BrClN3O2. The molecule has 0 aliphatic carbocycles. The fourth-order valence-corrected chi connectivity index (χ4v) is 2.10. The standard InChI is InChI=1S/C13H11BrClN3O2/c1-8-12(14)13(20)18(7-16-8)6-11(19)17-10-4-2-3-9(15)5-10/h2-5,7H,6H2,1H3,(H,17,19). The quantitative estimate of drug-likeness (QED) is 0.919. The second kappa shape index (κ2) is 6.19. The van der Waals surface area contributed by atoms with Crippen LogP contribution in [0, 0.1) is 6.92 Å². The number of nitrogens with zero attached hydrogens (tertiary/aromatic N) is 2. The molecule has 2 rings (SSSR count). The molecular weight excluding hydrogens is 346 g/mol. The van der Waals surface area contributed by atoms with E-state index in [2.05, 4.69) is 26.2 Å². The van der Waals surface area contributed by atoms with E-state index in [-0.39, 0.29) is 18.0 Å². The average molecular weight is 357 g/mol. The maximum absolute atomic E-state index is 11.9. The van der Waals surface area contributed by atoms with Crippen LogP contribution < -0.4 is 10.9 Å². The molecule has 0 saturated carbocycles. The third kappa shape index (κ3) is 3.46. The molecule has 0 unspecified atom stereocenters. The number of amides is 1. The molecule has 0 aliphatic heterocycles. The summed E-state index contributed by atoms with van der Waals surface area (Å²) in [6.45, 7) is 1.60. The molecule has 1 amide bonds. The monoisotopic (exact) mass is 355 g/mol. The third-order valence-electron chi connectivity index (χ3n) is 2.58. The maximum atomic E-state index is 11.9. The average Bonchev–Trinajstić information content (AvgIpc) is 2.39. The minimum atomic E-state index is -0.327. The zero-order chi connectivity index (χ0) is 14.7. The Hall–Kier alpha value is -1.66. The van der Waals surface area contributed by atoms with Gasteiger partial charge < -0.3 is 5.32 Å². The van der Waals surface area contributed by atoms with Crippen molar-refractivity contribution in [1.82, 2.24) is 9.55 Å². The number of hydrogen-bond donors (Lipinski definition) is 1. The normalized spacial score (nSPS) is 10.3. The molecule has 0 bridgehead atoms. The van der Waals surface area contributed by atoms with Crippen molar-refractivity contribution in [3.63, 3.8) is 0 Å². The molecule has 1 aromatic carbocycles. The minimum absolute atomic E-state index is 0.114. The van der Waals surface area contributed by atoms with E-state index in [0.29, 0.717) is 20.9 Å². The Kier molecular flexibility index (Phi) is 4.57. The zero-order valence-corrected chi connectivity index (χ0v) is 12.9. The second-order valence-corrected chi connectivity index (χ2v) is 5.36. The first kappa shape index (κ1) is 14.7. The molecule has 0 radical (unpaired) electrons. The lowest BCUT2D eigenvalue weighted by Gasteiger charge is -2.08. The lowest BCUT2D eigenvalue weighted by atomic mass is 10.3. The van der Waals surface area contributed by atoms with Crippen LogP contribution in [0.3, 0.4) is 0 Å². The molecule has 1 N–H and O–H groups in total. The van der Waals surface area contributed by atoms with E-state index in [9.17, 15) is 9.59 Å². The van der Waals surface area contributed by atoms with Crippen molar-refractivity contribution >= 4 is 39.1 Å². The lowest BCUT2D eigenvalue weighted by molar-refractivity contribution is -0.116. The number of anilines is 1. The SMILES string of the molecule is Cc1ncn(CC(=O)Nc2cccc(Cl)c2)c(=O)c1Br. The minimum Gasteiger partial charge on any atom is -0.324 e. The van der Waals surface area contributed by atoms with Crippen LogP contribution in [-0.2, 0) is 11.3 Å². The summed E-state index contributed by atoms with van der Waals surface area (Å²) in [6.07, 6.45) is 1.35. The summed E-state index contributed by atoms with van der Waals surface area (Å²) in [7, 11) is 0. The summed E-state index contributed by atoms with van der Waals surface area (Å²) in [5.74, 6) is -0.327. The van der Waals surface area contributed by atoms with E-state index in [1.165, 1.54) is 10.9 Å². The number of aromatic nitrogens is 2. The Morgan fingerprint density at radius 3 is 2.95 bits per heavy atom. The Morgan fingerprint density at radius 2 is 2.25 bits per heavy atom. The van der Waals surface area contributed by atoms with E-state index in [0.717, 1.165) is 0 Å². The van der Waals surface area contributed by atoms with Crippen LogP contribution in [0.15, 0.2) is 39.9 Å². The van der Waals surface area contributed by atoms with Crippen LogP contribution in [0.5, 0.6) is 0 Å². The molecule has 2 aromatic rings. The topological polar surface area (TPSA) is 64.0 Å². The van der Waals surface area contributed by atoms with Gasteiger partial charge in [-0.1, -0.05) is 17.7 Å². The van der Waals surface area contributed by atoms with Crippen LogP contribution >= 0.6 is 27.5 Å². The van der Waals surface area contributed by atoms with Crippen molar-refractivity contribution in [2.45, 2.75) is 13.5 Å². The van der Waals surface area contributed by atoms with Gasteiger partial charge >= 0.3 is 0 Å². The van der Waals surface area contributed by atoms with Crippen LogP contribution in [0.4, 0.5) is 5.69 Å². The summed E-state index contributed by atoms with van der Waals surface area (Å²) >= 11 is 8.98. The number of benzene rings is 1. The van der Waals surface area contributed by atoms with E-state index in [1.807, 2.05) is 0 Å². The molecule has 1 aromatic heterocycles. The molecule has 20 heavy (non-hydrogen) atoms. The van der Waals surface area contributed by atoms with Crippen LogP contribution in [0.25, 0.3) is 0 Å². The molecule has 0 fully saturated rings. The number of nitrogens with one attached hydrogen (secondary N) is 1. The van der Waals surface area contributed by atoms with Crippen molar-refractivity contribution in [2.75, 3.05) is 5.32 Å². The number of halogens is 2. The van der Waals surface area contributed by atoms with Crippen LogP contribution in [0.2, 0.25) is 5.02 Å². The Labute approximate surface area is 128 Å². The Bertz CT molecular complexity index is 715. The third-order valence-corrected chi connectivity index (χ3v) is 3.73. The van der Waals surface area contributed by atoms with Gasteiger partial charge in [-0.25, -0.2) is 4.98 Å². The highest BCUT2D eigenvalue weighted by Gasteiger charge is 2.09. The molecule has 0 saturated heterocycles. The number of hydrogen-bond acceptors (Lipinski definition) is 3. The predicted molar refractivity (Wildman–Crippen MR) is 81.0 cm³/mol. The van der Waals surface area contributed by atoms with Crippen molar-refractivity contribution in [2.24, 2.45) is 0 Å². The van der Waals surface area contributed by atoms with Gasteiger partial charge in [0.25, 0.3) is 5.56 Å². The molecule has 0 aliphatic rings. The first-order valence-corrected chi connectivity index (χ1v) is 6.91. The van der Waals surface area contributed by atoms with Crippen molar-refractivity contribution < 1.29 is 4.79 Å². The van der Waals surface area contributed by atoms with Crippen LogP contribution in [-0.4, -0.2) is 15.5 Å². The number of aryl methyl sites for hydroxylation is 1. The van der Waals surface area contributed by atoms with Gasteiger partial charge in [0.1, 0.15) is 11.0 Å². The van der Waals surface area contributed by atoms with Crippen molar-refractivity contribution in [3.8, 4) is 0 Å². The van der Waals surface area contributed by atoms with Crippen molar-refractivity contribution in [1.29, 1.82) is 0 Å². The highest BCUT2D eigenvalue weighted by atomic mass is 79.9. The Morgan fingerprint density at radius 1 is 1.50 bits per heavy atom. The van der Waals surface area contributed by atoms with Gasteiger partial charge in [-0.05, 0) is 41.1 Å². The molecule has 7 heteroatoms. The van der Waals surface area contributed by atoms with Gasteiger partial charge in [-0.3, -0.25) is 14.2 Å². The molecule has 1 heterocycles. The van der Waals surface area contributed by atoms with Gasteiger partial charge in [0.05, 0.1) is 12.0 Å². The van der Waals surface area contributed by atoms with E-state index >= 15 is 0 Å². The highest BCUT2D eigenvalue weighted by molar-refractivity contribution is 9.10. The van der Waals surface area contributed by atoms with Gasteiger partial charge in [0.15, 0.2) is 0 Å². The summed E-state index contributed by atoms with van der Waals surface area (Å²) < 4.78 is 1.59. The summed E-state index contributed by atoms with van der Waals surface area (Å²) in [4.78, 5) is 27.8. The van der Waals surface area contributed by atoms with Gasteiger partial charge in [-0.15, -0.1) is 0 Å². The first-order chi connectivity index (χ1) is 9.47. The number of carbonyl (C=O) groups excluding carboxylic acids is 1. The van der Waals surface area contributed by atoms with E-state index in [4.69, 9.17) is 11.6 Å². The van der Waals surface area contributed by atoms with Gasteiger partial charge in [0, 0.05) is 10.7 Å². The molecule has 0 spiro atoms. The van der Waals surface area contributed by atoms with Crippen LogP contribution in [0.1, 0.15) is 5.69 Å². The maximum Gasteiger partial charge on any atom is 0.268 e. The molecule has 0 atom stereocenters. The Balaban J connectivity index is 2.13. The number of rotatable bonds is 3. The first-order valence-electron chi connectivity index (χ1n) is 5.74. The lowest BCUT2D eigenvalue weighted by Crippen LogP contribution is -2.28. The largest absolute Gasteiger partial charge is 0.324 e. The van der Waals surface area contributed by atoms with E-state index in [1.54, 1.807) is 31.2 Å². The van der Waals surface area contributed by atoms with E-state index < -0.39 is 0 Å². The molecule has 5 nitrogen and oxygen atoms in total. The zero-order valence-electron chi connectivity index (χ0n) is 10.6. The smallest absolute Gasteiger partial charge is 0.268 e. The van der Waals surface area contributed by atoms with Gasteiger partial charge in [-0.2, -0.15) is 0 Å². The fourth-order valence-electron chi connectivity index (χ4n) is 1.58.